The molecule has 1 heterocycles. The highest BCUT2D eigenvalue weighted by Gasteiger charge is 2.04. The maximum atomic E-state index is 5.28. The Balaban J connectivity index is 2.22. The van der Waals surface area contributed by atoms with Crippen molar-refractivity contribution in [3.8, 4) is 0 Å². The first kappa shape index (κ1) is 9.37. The molecule has 1 rings (SSSR count). The Hall–Kier alpha value is -0.720. The van der Waals surface area contributed by atoms with Crippen LogP contribution in [-0.4, -0.2) is 0 Å². The van der Waals surface area contributed by atoms with Gasteiger partial charge < -0.3 is 4.42 Å². The van der Waals surface area contributed by atoms with Gasteiger partial charge in [0.05, 0.1) is 6.26 Å². The third-order valence-electron chi connectivity index (χ3n) is 2.18. The van der Waals surface area contributed by atoms with Crippen molar-refractivity contribution in [2.45, 2.75) is 39.5 Å². The van der Waals surface area contributed by atoms with E-state index in [9.17, 15) is 0 Å². The van der Waals surface area contributed by atoms with Crippen molar-refractivity contribution >= 4 is 0 Å². The molecule has 68 valence electrons. The van der Waals surface area contributed by atoms with Gasteiger partial charge in [-0.15, -0.1) is 0 Å². The smallest absolute Gasteiger partial charge is 0.104 e. The van der Waals surface area contributed by atoms with Gasteiger partial charge in [0.25, 0.3) is 0 Å². The van der Waals surface area contributed by atoms with Crippen LogP contribution in [0.4, 0.5) is 0 Å². The normalized spacial score (nSPS) is 13.2. The predicted molar refractivity (Wildman–Crippen MR) is 51.1 cm³/mol. The van der Waals surface area contributed by atoms with Gasteiger partial charge in [0, 0.05) is 6.42 Å². The lowest BCUT2D eigenvalue weighted by Gasteiger charge is -2.07. The lowest BCUT2D eigenvalue weighted by Crippen LogP contribution is -1.98. The summed E-state index contributed by atoms with van der Waals surface area (Å²) in [5.74, 6) is 1.88. The van der Waals surface area contributed by atoms with Gasteiger partial charge in [-0.25, -0.2) is 0 Å². The first-order chi connectivity index (χ1) is 5.83. The second kappa shape index (κ2) is 5.02. The standard InChI is InChI=1S/C11H18O/c1-3-4-6-10(2)9-11-7-5-8-12-11/h5,7-8,10H,3-4,6,9H2,1-2H3. The summed E-state index contributed by atoms with van der Waals surface area (Å²) in [6.07, 6.45) is 6.79. The molecule has 1 aromatic heterocycles. The SMILES string of the molecule is CCCCC(C)Cc1ccco1. The maximum Gasteiger partial charge on any atom is 0.104 e. The van der Waals surface area contributed by atoms with Crippen molar-refractivity contribution in [3.63, 3.8) is 0 Å². The summed E-state index contributed by atoms with van der Waals surface area (Å²) in [7, 11) is 0. The van der Waals surface area contributed by atoms with E-state index in [-0.39, 0.29) is 0 Å². The molecule has 0 aliphatic heterocycles. The molecule has 0 saturated heterocycles. The van der Waals surface area contributed by atoms with Crippen molar-refractivity contribution in [1.82, 2.24) is 0 Å². The quantitative estimate of drug-likeness (QED) is 0.650. The lowest BCUT2D eigenvalue weighted by atomic mass is 10.00. The van der Waals surface area contributed by atoms with Crippen molar-refractivity contribution in [2.24, 2.45) is 5.92 Å². The van der Waals surface area contributed by atoms with Crippen molar-refractivity contribution in [1.29, 1.82) is 0 Å². The molecule has 0 N–H and O–H groups in total. The predicted octanol–water partition coefficient (Wildman–Crippen LogP) is 3.65. The number of hydrogen-bond acceptors (Lipinski definition) is 1. The Labute approximate surface area is 74.8 Å². The van der Waals surface area contributed by atoms with Crippen molar-refractivity contribution in [2.75, 3.05) is 0 Å². The van der Waals surface area contributed by atoms with Crippen molar-refractivity contribution < 1.29 is 4.42 Å². The summed E-state index contributed by atoms with van der Waals surface area (Å²) < 4.78 is 5.28. The third kappa shape index (κ3) is 3.12. The molecule has 0 aromatic carbocycles. The fourth-order valence-corrected chi connectivity index (χ4v) is 1.43. The summed E-state index contributed by atoms with van der Waals surface area (Å²) >= 11 is 0. The van der Waals surface area contributed by atoms with E-state index >= 15 is 0 Å². The Morgan fingerprint density at radius 2 is 2.33 bits per heavy atom. The van der Waals surface area contributed by atoms with E-state index in [1.165, 1.54) is 19.3 Å². The molecule has 0 amide bonds. The van der Waals surface area contributed by atoms with Crippen LogP contribution in [0.2, 0.25) is 0 Å². The zero-order valence-corrected chi connectivity index (χ0v) is 8.05. The second-order valence-corrected chi connectivity index (χ2v) is 3.53. The summed E-state index contributed by atoms with van der Waals surface area (Å²) in [5.41, 5.74) is 0. The molecule has 1 unspecified atom stereocenters. The van der Waals surface area contributed by atoms with Crippen LogP contribution in [0.3, 0.4) is 0 Å². The summed E-state index contributed by atoms with van der Waals surface area (Å²) in [6, 6.07) is 4.02. The molecule has 1 heteroatoms. The van der Waals surface area contributed by atoms with Crippen LogP contribution in [0.25, 0.3) is 0 Å². The Morgan fingerprint density at radius 3 is 2.92 bits per heavy atom. The molecular formula is C11H18O. The van der Waals surface area contributed by atoms with Crippen LogP contribution >= 0.6 is 0 Å². The van der Waals surface area contributed by atoms with Crippen LogP contribution in [0.1, 0.15) is 38.9 Å². The molecule has 1 nitrogen and oxygen atoms in total. The molecule has 0 saturated carbocycles. The highest BCUT2D eigenvalue weighted by atomic mass is 16.3. The molecule has 1 aromatic rings. The van der Waals surface area contributed by atoms with Gasteiger partial charge in [0.1, 0.15) is 5.76 Å². The van der Waals surface area contributed by atoms with E-state index in [1.807, 2.05) is 6.07 Å². The maximum absolute atomic E-state index is 5.28. The largest absolute Gasteiger partial charge is 0.469 e. The Bertz CT molecular complexity index is 189. The molecule has 0 aliphatic rings. The van der Waals surface area contributed by atoms with Gasteiger partial charge in [-0.05, 0) is 18.1 Å². The van der Waals surface area contributed by atoms with E-state index in [0.717, 1.165) is 18.1 Å². The summed E-state index contributed by atoms with van der Waals surface area (Å²) in [5, 5.41) is 0. The number of rotatable bonds is 5. The molecular weight excluding hydrogens is 148 g/mol. The van der Waals surface area contributed by atoms with Crippen LogP contribution in [-0.2, 0) is 6.42 Å². The van der Waals surface area contributed by atoms with E-state index < -0.39 is 0 Å². The molecule has 0 fully saturated rings. The van der Waals surface area contributed by atoms with Crippen LogP contribution in [0, 0.1) is 5.92 Å². The van der Waals surface area contributed by atoms with E-state index in [2.05, 4.69) is 19.9 Å². The number of hydrogen-bond donors (Lipinski definition) is 0. The van der Waals surface area contributed by atoms with Crippen LogP contribution in [0.5, 0.6) is 0 Å². The number of unbranched alkanes of at least 4 members (excludes halogenated alkanes) is 1. The molecule has 12 heavy (non-hydrogen) atoms. The average molecular weight is 166 g/mol. The molecule has 0 aliphatic carbocycles. The van der Waals surface area contributed by atoms with E-state index in [1.54, 1.807) is 6.26 Å². The van der Waals surface area contributed by atoms with Crippen LogP contribution < -0.4 is 0 Å². The molecule has 0 spiro atoms. The zero-order valence-electron chi connectivity index (χ0n) is 8.05. The van der Waals surface area contributed by atoms with Gasteiger partial charge >= 0.3 is 0 Å². The number of furan rings is 1. The highest BCUT2D eigenvalue weighted by Crippen LogP contribution is 2.14. The van der Waals surface area contributed by atoms with Crippen molar-refractivity contribution in [3.05, 3.63) is 24.2 Å². The van der Waals surface area contributed by atoms with Crippen LogP contribution in [0.15, 0.2) is 22.8 Å². The fourth-order valence-electron chi connectivity index (χ4n) is 1.43. The summed E-state index contributed by atoms with van der Waals surface area (Å²) in [4.78, 5) is 0. The van der Waals surface area contributed by atoms with E-state index in [4.69, 9.17) is 4.42 Å². The molecule has 0 radical (unpaired) electrons. The Kier molecular flexibility index (Phi) is 3.92. The molecule has 1 atom stereocenters. The van der Waals surface area contributed by atoms with Gasteiger partial charge in [0.2, 0.25) is 0 Å². The lowest BCUT2D eigenvalue weighted by molar-refractivity contribution is 0.431. The Morgan fingerprint density at radius 1 is 1.50 bits per heavy atom. The van der Waals surface area contributed by atoms with Gasteiger partial charge in [-0.3, -0.25) is 0 Å². The second-order valence-electron chi connectivity index (χ2n) is 3.53. The van der Waals surface area contributed by atoms with E-state index in [0.29, 0.717) is 0 Å². The van der Waals surface area contributed by atoms with Gasteiger partial charge in [0.15, 0.2) is 0 Å². The first-order valence-electron chi connectivity index (χ1n) is 4.85. The highest BCUT2D eigenvalue weighted by molar-refractivity contribution is 4.98. The fraction of sp³-hybridized carbons (Fsp3) is 0.636. The van der Waals surface area contributed by atoms with Gasteiger partial charge in [-0.1, -0.05) is 33.1 Å². The zero-order chi connectivity index (χ0) is 8.81. The minimum atomic E-state index is 0.760. The topological polar surface area (TPSA) is 13.1 Å². The minimum Gasteiger partial charge on any atom is -0.469 e. The minimum absolute atomic E-state index is 0.760. The first-order valence-corrected chi connectivity index (χ1v) is 4.85. The molecule has 0 bridgehead atoms. The average Bonchev–Trinajstić information content (AvgIpc) is 2.53. The van der Waals surface area contributed by atoms with Gasteiger partial charge in [-0.2, -0.15) is 0 Å². The summed E-state index contributed by atoms with van der Waals surface area (Å²) in [6.45, 7) is 4.53. The monoisotopic (exact) mass is 166 g/mol. The third-order valence-corrected chi connectivity index (χ3v) is 2.18.